The van der Waals surface area contributed by atoms with Gasteiger partial charge >= 0.3 is 0 Å². The van der Waals surface area contributed by atoms with Crippen LogP contribution in [0.1, 0.15) is 62.6 Å². The Morgan fingerprint density at radius 1 is 1.28 bits per heavy atom. The number of hydrogen-bond acceptors (Lipinski definition) is 2. The van der Waals surface area contributed by atoms with E-state index >= 15 is 0 Å². The van der Waals surface area contributed by atoms with Crippen LogP contribution in [0.5, 0.6) is 0 Å². The largest absolute Gasteiger partial charge is 0.324 e. The molecule has 3 unspecified atom stereocenters. The molecular formula is C16H26N2. The summed E-state index contributed by atoms with van der Waals surface area (Å²) in [6, 6.07) is 9.69. The van der Waals surface area contributed by atoms with Crippen molar-refractivity contribution in [1.82, 2.24) is 5.32 Å². The van der Waals surface area contributed by atoms with E-state index in [1.165, 1.54) is 30.4 Å². The van der Waals surface area contributed by atoms with E-state index in [0.29, 0.717) is 12.0 Å². The Morgan fingerprint density at radius 2 is 1.94 bits per heavy atom. The Morgan fingerprint density at radius 3 is 2.50 bits per heavy atom. The zero-order valence-electron chi connectivity index (χ0n) is 11.7. The second-order valence-corrected chi connectivity index (χ2v) is 5.61. The van der Waals surface area contributed by atoms with Gasteiger partial charge in [-0.25, -0.2) is 0 Å². The number of nitrogens with one attached hydrogen (secondary N) is 1. The number of hydrogen-bond donors (Lipinski definition) is 2. The summed E-state index contributed by atoms with van der Waals surface area (Å²) in [6.45, 7) is 5.66. The molecule has 2 rings (SSSR count). The number of nitrogens with two attached hydrogens (primary N) is 1. The molecule has 1 fully saturated rings. The highest BCUT2D eigenvalue weighted by atomic mass is 14.9. The molecule has 3 atom stereocenters. The Balaban J connectivity index is 1.95. The molecule has 1 saturated heterocycles. The fourth-order valence-electron chi connectivity index (χ4n) is 2.71. The van der Waals surface area contributed by atoms with Crippen LogP contribution < -0.4 is 11.1 Å². The maximum absolute atomic E-state index is 6.29. The van der Waals surface area contributed by atoms with Crippen LogP contribution in [0.2, 0.25) is 0 Å². The van der Waals surface area contributed by atoms with Crippen molar-refractivity contribution >= 4 is 0 Å². The molecular weight excluding hydrogens is 220 g/mol. The maximum atomic E-state index is 6.29. The average molecular weight is 246 g/mol. The summed E-state index contributed by atoms with van der Waals surface area (Å²) in [5.74, 6) is 0.645. The second-order valence-electron chi connectivity index (χ2n) is 5.61. The van der Waals surface area contributed by atoms with E-state index in [0.717, 1.165) is 13.0 Å². The van der Waals surface area contributed by atoms with E-state index in [4.69, 9.17) is 5.73 Å². The molecule has 1 aromatic rings. The van der Waals surface area contributed by atoms with Gasteiger partial charge < -0.3 is 11.1 Å². The zero-order chi connectivity index (χ0) is 13.0. The number of rotatable bonds is 5. The summed E-state index contributed by atoms with van der Waals surface area (Å²) in [7, 11) is 0. The normalized spacial score (nSPS) is 22.9. The van der Waals surface area contributed by atoms with Crippen LogP contribution in [0, 0.1) is 0 Å². The highest BCUT2D eigenvalue weighted by molar-refractivity contribution is 5.27. The third-order valence-corrected chi connectivity index (χ3v) is 4.25. The van der Waals surface area contributed by atoms with Crippen molar-refractivity contribution in [3.05, 3.63) is 35.4 Å². The Kier molecular flexibility index (Phi) is 4.79. The van der Waals surface area contributed by atoms with Gasteiger partial charge in [-0.3, -0.25) is 0 Å². The fourth-order valence-corrected chi connectivity index (χ4v) is 2.71. The molecule has 0 aromatic heterocycles. The molecule has 1 heterocycles. The van der Waals surface area contributed by atoms with E-state index in [2.05, 4.69) is 43.4 Å². The lowest BCUT2D eigenvalue weighted by atomic mass is 9.94. The Hall–Kier alpha value is -0.860. The first kappa shape index (κ1) is 13.6. The quantitative estimate of drug-likeness (QED) is 0.836. The highest BCUT2D eigenvalue weighted by Crippen LogP contribution is 2.23. The summed E-state index contributed by atoms with van der Waals surface area (Å²) in [5.41, 5.74) is 8.99. The van der Waals surface area contributed by atoms with Gasteiger partial charge in [0.2, 0.25) is 0 Å². The van der Waals surface area contributed by atoms with Crippen LogP contribution in [-0.4, -0.2) is 12.6 Å². The molecule has 2 heteroatoms. The monoisotopic (exact) mass is 246 g/mol. The predicted octanol–water partition coefficient (Wildman–Crippen LogP) is 3.34. The lowest BCUT2D eigenvalue weighted by Crippen LogP contribution is -2.26. The first-order valence-electron chi connectivity index (χ1n) is 7.29. The number of benzene rings is 1. The molecule has 2 nitrogen and oxygen atoms in total. The van der Waals surface area contributed by atoms with Gasteiger partial charge in [0.05, 0.1) is 0 Å². The van der Waals surface area contributed by atoms with Crippen molar-refractivity contribution in [3.63, 3.8) is 0 Å². The zero-order valence-corrected chi connectivity index (χ0v) is 11.7. The molecule has 1 aliphatic rings. The molecule has 0 spiro atoms. The molecule has 3 N–H and O–H groups in total. The van der Waals surface area contributed by atoms with Crippen LogP contribution in [0.3, 0.4) is 0 Å². The van der Waals surface area contributed by atoms with Gasteiger partial charge in [0.1, 0.15) is 0 Å². The van der Waals surface area contributed by atoms with E-state index in [1.54, 1.807) is 0 Å². The van der Waals surface area contributed by atoms with Gasteiger partial charge in [-0.15, -0.1) is 0 Å². The van der Waals surface area contributed by atoms with E-state index < -0.39 is 0 Å². The maximum Gasteiger partial charge on any atom is 0.0309 e. The summed E-state index contributed by atoms with van der Waals surface area (Å²) in [5, 5.41) is 3.52. The van der Waals surface area contributed by atoms with Crippen molar-refractivity contribution < 1.29 is 0 Å². The fraction of sp³-hybridized carbons (Fsp3) is 0.625. The predicted molar refractivity (Wildman–Crippen MR) is 77.7 cm³/mol. The first-order valence-corrected chi connectivity index (χ1v) is 7.29. The summed E-state index contributed by atoms with van der Waals surface area (Å²) in [6.07, 6.45) is 4.82. The van der Waals surface area contributed by atoms with Crippen LogP contribution in [0.25, 0.3) is 0 Å². The van der Waals surface area contributed by atoms with Gasteiger partial charge in [0.25, 0.3) is 0 Å². The minimum atomic E-state index is 0.173. The minimum Gasteiger partial charge on any atom is -0.324 e. The third kappa shape index (κ3) is 3.33. The van der Waals surface area contributed by atoms with Crippen molar-refractivity contribution in [1.29, 1.82) is 0 Å². The van der Waals surface area contributed by atoms with E-state index in [-0.39, 0.29) is 6.04 Å². The summed E-state index contributed by atoms with van der Waals surface area (Å²) in [4.78, 5) is 0. The van der Waals surface area contributed by atoms with E-state index in [1.807, 2.05) is 0 Å². The van der Waals surface area contributed by atoms with Crippen LogP contribution in [0.15, 0.2) is 24.3 Å². The molecule has 0 aliphatic carbocycles. The molecule has 1 aromatic carbocycles. The Labute approximate surface area is 111 Å². The van der Waals surface area contributed by atoms with Crippen molar-refractivity contribution in [3.8, 4) is 0 Å². The summed E-state index contributed by atoms with van der Waals surface area (Å²) < 4.78 is 0. The van der Waals surface area contributed by atoms with E-state index in [9.17, 15) is 0 Å². The SMILES string of the molecule is CCC(C)c1ccc(C(N)CC2CCCN2)cc1. The highest BCUT2D eigenvalue weighted by Gasteiger charge is 2.18. The average Bonchev–Trinajstić information content (AvgIpc) is 2.91. The van der Waals surface area contributed by atoms with Gasteiger partial charge in [-0.1, -0.05) is 38.1 Å². The van der Waals surface area contributed by atoms with Crippen LogP contribution in [-0.2, 0) is 0 Å². The summed E-state index contributed by atoms with van der Waals surface area (Å²) >= 11 is 0. The van der Waals surface area contributed by atoms with Gasteiger partial charge in [-0.2, -0.15) is 0 Å². The Bertz CT molecular complexity index is 352. The molecule has 0 radical (unpaired) electrons. The van der Waals surface area contributed by atoms with Crippen molar-refractivity contribution in [2.75, 3.05) is 6.54 Å². The lowest BCUT2D eigenvalue weighted by Gasteiger charge is -2.18. The van der Waals surface area contributed by atoms with Gasteiger partial charge in [0, 0.05) is 12.1 Å². The standard InChI is InChI=1S/C16H26N2/c1-3-12(2)13-6-8-14(9-7-13)16(17)11-15-5-4-10-18-15/h6-9,12,15-16,18H,3-5,10-11,17H2,1-2H3. The lowest BCUT2D eigenvalue weighted by molar-refractivity contribution is 0.499. The third-order valence-electron chi connectivity index (χ3n) is 4.25. The first-order chi connectivity index (χ1) is 8.70. The van der Waals surface area contributed by atoms with Crippen LogP contribution >= 0.6 is 0 Å². The molecule has 18 heavy (non-hydrogen) atoms. The second kappa shape index (κ2) is 6.35. The van der Waals surface area contributed by atoms with Gasteiger partial charge in [0.15, 0.2) is 0 Å². The smallest absolute Gasteiger partial charge is 0.0309 e. The molecule has 0 bridgehead atoms. The topological polar surface area (TPSA) is 38.0 Å². The molecule has 1 aliphatic heterocycles. The molecule has 0 saturated carbocycles. The molecule has 0 amide bonds. The van der Waals surface area contributed by atoms with Gasteiger partial charge in [-0.05, 0) is 49.3 Å². The van der Waals surface area contributed by atoms with Crippen molar-refractivity contribution in [2.45, 2.75) is 57.5 Å². The van der Waals surface area contributed by atoms with Crippen molar-refractivity contribution in [2.24, 2.45) is 5.73 Å². The van der Waals surface area contributed by atoms with Crippen LogP contribution in [0.4, 0.5) is 0 Å². The minimum absolute atomic E-state index is 0.173. The molecule has 100 valence electrons.